The molecule has 1 aromatic rings. The lowest BCUT2D eigenvalue weighted by atomic mass is 10.1. The number of halogens is 1. The third-order valence-electron chi connectivity index (χ3n) is 4.15. The molecule has 1 aliphatic carbocycles. The lowest BCUT2D eigenvalue weighted by Gasteiger charge is -2.16. The van der Waals surface area contributed by atoms with E-state index >= 15 is 0 Å². The third-order valence-corrected chi connectivity index (χ3v) is 5.51. The molecule has 0 unspecified atom stereocenters. The number of hydrogen-bond donors (Lipinski definition) is 2. The molecule has 24 heavy (non-hydrogen) atoms. The Bertz CT molecular complexity index is 635. The van der Waals surface area contributed by atoms with Crippen molar-refractivity contribution in [2.24, 2.45) is 0 Å². The van der Waals surface area contributed by atoms with Crippen LogP contribution >= 0.6 is 12.4 Å². The van der Waals surface area contributed by atoms with E-state index in [0.29, 0.717) is 30.3 Å². The van der Waals surface area contributed by atoms with Crippen LogP contribution in [0.25, 0.3) is 0 Å². The van der Waals surface area contributed by atoms with Crippen LogP contribution in [0.15, 0.2) is 24.3 Å². The first-order valence-electron chi connectivity index (χ1n) is 8.29. The van der Waals surface area contributed by atoms with Gasteiger partial charge in [0.2, 0.25) is 10.0 Å². The summed E-state index contributed by atoms with van der Waals surface area (Å²) in [7, 11) is -3.37. The predicted molar refractivity (Wildman–Crippen MR) is 98.5 cm³/mol. The van der Waals surface area contributed by atoms with Gasteiger partial charge in [-0.2, -0.15) is 5.26 Å². The molecular formula is C17H26ClN3O2S. The highest BCUT2D eigenvalue weighted by Crippen LogP contribution is 2.16. The Labute approximate surface area is 151 Å². The number of nitrogens with one attached hydrogen (secondary N) is 2. The maximum absolute atomic E-state index is 12.1. The smallest absolute Gasteiger partial charge is 0.215 e. The summed E-state index contributed by atoms with van der Waals surface area (Å²) < 4.78 is 26.8. The molecule has 134 valence electrons. The summed E-state index contributed by atoms with van der Waals surface area (Å²) in [6.07, 6.45) is 7.53. The van der Waals surface area contributed by atoms with Crippen LogP contribution in [0, 0.1) is 11.3 Å². The van der Waals surface area contributed by atoms with Crippen molar-refractivity contribution in [3.8, 4) is 6.07 Å². The molecule has 1 aliphatic rings. The van der Waals surface area contributed by atoms with Gasteiger partial charge in [-0.1, -0.05) is 37.8 Å². The quantitative estimate of drug-likeness (QED) is 0.570. The molecule has 0 spiro atoms. The molecule has 5 nitrogen and oxygen atoms in total. The topological polar surface area (TPSA) is 82.0 Å². The molecule has 2 rings (SSSR count). The summed E-state index contributed by atoms with van der Waals surface area (Å²) in [5.41, 5.74) is 1.11. The van der Waals surface area contributed by atoms with Crippen LogP contribution in [0.5, 0.6) is 0 Å². The molecule has 0 bridgehead atoms. The molecule has 2 N–H and O–H groups in total. The second-order valence-corrected chi connectivity index (χ2v) is 7.92. The molecule has 0 aromatic heterocycles. The van der Waals surface area contributed by atoms with E-state index in [9.17, 15) is 8.42 Å². The van der Waals surface area contributed by atoms with Crippen molar-refractivity contribution in [1.82, 2.24) is 10.0 Å². The molecule has 1 aromatic carbocycles. The third kappa shape index (κ3) is 7.63. The van der Waals surface area contributed by atoms with E-state index in [1.165, 1.54) is 38.5 Å². The number of sulfonamides is 1. The van der Waals surface area contributed by atoms with Gasteiger partial charge in [-0.3, -0.25) is 0 Å². The highest BCUT2D eigenvalue weighted by molar-refractivity contribution is 7.88. The average Bonchev–Trinajstić information content (AvgIpc) is 2.80. The van der Waals surface area contributed by atoms with E-state index in [-0.39, 0.29) is 18.2 Å². The summed E-state index contributed by atoms with van der Waals surface area (Å²) in [6.45, 7) is 1.05. The Hall–Kier alpha value is -1.13. The molecule has 0 heterocycles. The lowest BCUT2D eigenvalue weighted by Crippen LogP contribution is -2.37. The Morgan fingerprint density at radius 1 is 1.12 bits per heavy atom. The van der Waals surface area contributed by atoms with Crippen molar-refractivity contribution >= 4 is 22.4 Å². The minimum atomic E-state index is -3.37. The average molecular weight is 372 g/mol. The number of benzene rings is 1. The van der Waals surface area contributed by atoms with Crippen LogP contribution in [-0.4, -0.2) is 27.5 Å². The fourth-order valence-electron chi connectivity index (χ4n) is 2.97. The van der Waals surface area contributed by atoms with Crippen molar-refractivity contribution in [2.75, 3.05) is 13.1 Å². The van der Waals surface area contributed by atoms with E-state index in [1.54, 1.807) is 24.3 Å². The zero-order valence-electron chi connectivity index (χ0n) is 13.8. The van der Waals surface area contributed by atoms with Crippen LogP contribution in [0.4, 0.5) is 0 Å². The lowest BCUT2D eigenvalue weighted by molar-refractivity contribution is 0.461. The van der Waals surface area contributed by atoms with Gasteiger partial charge < -0.3 is 5.32 Å². The van der Waals surface area contributed by atoms with Gasteiger partial charge in [0.25, 0.3) is 0 Å². The van der Waals surface area contributed by atoms with Crippen LogP contribution in [-0.2, 0) is 15.8 Å². The van der Waals surface area contributed by atoms with Crippen molar-refractivity contribution < 1.29 is 8.42 Å². The second kappa shape index (κ2) is 10.7. The van der Waals surface area contributed by atoms with E-state index in [0.717, 1.165) is 0 Å². The van der Waals surface area contributed by atoms with Crippen LogP contribution in [0.3, 0.4) is 0 Å². The van der Waals surface area contributed by atoms with Crippen molar-refractivity contribution in [1.29, 1.82) is 5.26 Å². The van der Waals surface area contributed by atoms with Gasteiger partial charge in [0.1, 0.15) is 0 Å². The minimum Gasteiger partial charge on any atom is -0.313 e. The second-order valence-electron chi connectivity index (χ2n) is 6.11. The van der Waals surface area contributed by atoms with E-state index < -0.39 is 10.0 Å². The first-order valence-corrected chi connectivity index (χ1v) is 9.94. The maximum Gasteiger partial charge on any atom is 0.215 e. The van der Waals surface area contributed by atoms with Gasteiger partial charge in [-0.05, 0) is 30.5 Å². The first-order chi connectivity index (χ1) is 11.1. The highest BCUT2D eigenvalue weighted by Gasteiger charge is 2.13. The largest absolute Gasteiger partial charge is 0.313 e. The van der Waals surface area contributed by atoms with Crippen LogP contribution in [0.1, 0.15) is 49.7 Å². The number of rotatable bonds is 7. The van der Waals surface area contributed by atoms with E-state index in [4.69, 9.17) is 5.26 Å². The minimum absolute atomic E-state index is 0. The molecule has 7 heteroatoms. The van der Waals surface area contributed by atoms with Crippen molar-refractivity contribution in [3.05, 3.63) is 35.4 Å². The number of nitriles is 1. The zero-order valence-corrected chi connectivity index (χ0v) is 15.5. The van der Waals surface area contributed by atoms with E-state index in [2.05, 4.69) is 10.0 Å². The molecule has 1 fully saturated rings. The Morgan fingerprint density at radius 2 is 1.83 bits per heavy atom. The van der Waals surface area contributed by atoms with Crippen molar-refractivity contribution in [3.63, 3.8) is 0 Å². The van der Waals surface area contributed by atoms with Gasteiger partial charge in [-0.25, -0.2) is 13.1 Å². The summed E-state index contributed by atoms with van der Waals surface area (Å²) in [5.74, 6) is -0.0913. The van der Waals surface area contributed by atoms with Gasteiger partial charge in [0.15, 0.2) is 0 Å². The Balaban J connectivity index is 0.00000288. The van der Waals surface area contributed by atoms with Gasteiger partial charge in [0.05, 0.1) is 17.4 Å². The van der Waals surface area contributed by atoms with Gasteiger partial charge in [0, 0.05) is 19.1 Å². The molecule has 0 radical (unpaired) electrons. The Morgan fingerprint density at radius 3 is 2.50 bits per heavy atom. The van der Waals surface area contributed by atoms with Crippen molar-refractivity contribution in [2.45, 2.75) is 50.3 Å². The standard InChI is InChI=1S/C17H25N3O2S.ClH/c18-13-15-6-5-7-16(12-15)14-23(21,22)20-11-10-19-17-8-3-1-2-4-9-17;/h5-7,12,17,19-20H,1-4,8-11,14H2;1H. The van der Waals surface area contributed by atoms with E-state index in [1.807, 2.05) is 6.07 Å². The summed E-state index contributed by atoms with van der Waals surface area (Å²) in [4.78, 5) is 0. The first kappa shape index (κ1) is 20.9. The summed E-state index contributed by atoms with van der Waals surface area (Å²) in [6, 6.07) is 9.26. The number of nitrogens with zero attached hydrogens (tertiary/aromatic N) is 1. The molecule has 1 saturated carbocycles. The maximum atomic E-state index is 12.1. The molecule has 0 atom stereocenters. The molecular weight excluding hydrogens is 346 g/mol. The Kier molecular flexibility index (Phi) is 9.30. The fourth-order valence-corrected chi connectivity index (χ4v) is 4.10. The number of hydrogen-bond acceptors (Lipinski definition) is 4. The molecule has 0 amide bonds. The SMILES string of the molecule is Cl.N#Cc1cccc(CS(=O)(=O)NCCNC2CCCCCC2)c1. The predicted octanol–water partition coefficient (Wildman–Crippen LogP) is 2.71. The van der Waals surface area contributed by atoms with Gasteiger partial charge >= 0.3 is 0 Å². The normalized spacial score (nSPS) is 16.0. The monoisotopic (exact) mass is 371 g/mol. The molecule has 0 saturated heterocycles. The highest BCUT2D eigenvalue weighted by atomic mass is 35.5. The zero-order chi connectivity index (χ0) is 16.5. The van der Waals surface area contributed by atoms with Crippen LogP contribution < -0.4 is 10.0 Å². The van der Waals surface area contributed by atoms with Gasteiger partial charge in [-0.15, -0.1) is 12.4 Å². The summed E-state index contributed by atoms with van der Waals surface area (Å²) >= 11 is 0. The fraction of sp³-hybridized carbons (Fsp3) is 0.588. The van der Waals surface area contributed by atoms with Crippen LogP contribution in [0.2, 0.25) is 0 Å². The summed E-state index contributed by atoms with van der Waals surface area (Å²) in [5, 5.41) is 12.3. The molecule has 0 aliphatic heterocycles.